The lowest BCUT2D eigenvalue weighted by atomic mass is 10.1. The summed E-state index contributed by atoms with van der Waals surface area (Å²) in [6.45, 7) is 2.51. The number of carboxylic acid groups (broad SMARTS) is 1. The number of benzene rings is 1. The van der Waals surface area contributed by atoms with Crippen LogP contribution in [0.15, 0.2) is 18.2 Å². The fraction of sp³-hybridized carbons (Fsp3) is 0.600. The Balaban J connectivity index is 2.13. The van der Waals surface area contributed by atoms with E-state index in [2.05, 4.69) is 12.2 Å². The minimum atomic E-state index is -1.31. The van der Waals surface area contributed by atoms with Gasteiger partial charge in [-0.3, -0.25) is 5.32 Å². The zero-order chi connectivity index (χ0) is 19.2. The summed E-state index contributed by atoms with van der Waals surface area (Å²) in [5.74, 6) is -1.71. The van der Waals surface area contributed by atoms with E-state index in [4.69, 9.17) is 9.84 Å². The van der Waals surface area contributed by atoms with Crippen LogP contribution in [0.4, 0.5) is 10.5 Å². The number of aromatic carboxylic acids is 1. The molecule has 0 aliphatic rings. The molecule has 1 rings (SSSR count). The van der Waals surface area contributed by atoms with Gasteiger partial charge in [0.1, 0.15) is 11.3 Å². The molecule has 0 radical (unpaired) electrons. The summed E-state index contributed by atoms with van der Waals surface area (Å²) in [6, 6.07) is 4.12. The van der Waals surface area contributed by atoms with Crippen LogP contribution in [0.3, 0.4) is 0 Å². The van der Waals surface area contributed by atoms with E-state index in [1.807, 2.05) is 0 Å². The minimum absolute atomic E-state index is 0.0190. The number of carbonyl (C=O) groups is 2. The molecule has 26 heavy (non-hydrogen) atoms. The molecule has 1 amide bonds. The van der Waals surface area contributed by atoms with Gasteiger partial charge in [-0.15, -0.1) is 0 Å². The topological polar surface area (TPSA) is 95.9 Å². The van der Waals surface area contributed by atoms with Crippen LogP contribution in [-0.2, 0) is 4.74 Å². The highest BCUT2D eigenvalue weighted by molar-refractivity contribution is 6.01. The van der Waals surface area contributed by atoms with Crippen molar-refractivity contribution in [1.82, 2.24) is 0 Å². The van der Waals surface area contributed by atoms with Crippen molar-refractivity contribution in [2.75, 3.05) is 11.9 Å². The first kappa shape index (κ1) is 21.8. The van der Waals surface area contributed by atoms with E-state index in [1.165, 1.54) is 63.1 Å². The fourth-order valence-corrected chi connectivity index (χ4v) is 2.77. The van der Waals surface area contributed by atoms with Crippen LogP contribution in [0.1, 0.15) is 81.5 Å². The smallest absolute Gasteiger partial charge is 0.411 e. The normalized spacial score (nSPS) is 10.5. The van der Waals surface area contributed by atoms with Crippen LogP contribution in [-0.4, -0.2) is 28.9 Å². The van der Waals surface area contributed by atoms with Gasteiger partial charge >= 0.3 is 12.1 Å². The highest BCUT2D eigenvalue weighted by atomic mass is 16.5. The van der Waals surface area contributed by atoms with Gasteiger partial charge in [-0.25, -0.2) is 9.59 Å². The molecular weight excluding hydrogens is 334 g/mol. The SMILES string of the molecule is CCCCCCCCCCCCOC(=O)Nc1cccc(O)c1C(=O)O. The van der Waals surface area contributed by atoms with E-state index >= 15 is 0 Å². The van der Waals surface area contributed by atoms with Crippen LogP contribution < -0.4 is 5.32 Å². The van der Waals surface area contributed by atoms with Crippen LogP contribution in [0.5, 0.6) is 5.75 Å². The lowest BCUT2D eigenvalue weighted by Gasteiger charge is -2.10. The Morgan fingerprint density at radius 3 is 2.12 bits per heavy atom. The predicted molar refractivity (Wildman–Crippen MR) is 102 cm³/mol. The second-order valence-corrected chi connectivity index (χ2v) is 6.45. The molecule has 0 spiro atoms. The van der Waals surface area contributed by atoms with E-state index < -0.39 is 17.8 Å². The number of rotatable bonds is 13. The Bertz CT molecular complexity index is 559. The van der Waals surface area contributed by atoms with Gasteiger partial charge in [0.2, 0.25) is 0 Å². The second-order valence-electron chi connectivity index (χ2n) is 6.45. The minimum Gasteiger partial charge on any atom is -0.507 e. The predicted octanol–water partition coefficient (Wildman–Crippen LogP) is 5.56. The maximum absolute atomic E-state index is 11.8. The quantitative estimate of drug-likeness (QED) is 0.398. The number of aromatic hydroxyl groups is 1. The molecule has 0 bridgehead atoms. The first-order chi connectivity index (χ1) is 12.6. The Morgan fingerprint density at radius 2 is 1.54 bits per heavy atom. The van der Waals surface area contributed by atoms with Gasteiger partial charge < -0.3 is 14.9 Å². The molecule has 0 saturated carbocycles. The summed E-state index contributed by atoms with van der Waals surface area (Å²) in [5, 5.41) is 21.0. The molecule has 146 valence electrons. The zero-order valence-electron chi connectivity index (χ0n) is 15.6. The van der Waals surface area contributed by atoms with E-state index in [0.29, 0.717) is 6.61 Å². The summed E-state index contributed by atoms with van der Waals surface area (Å²) < 4.78 is 5.07. The first-order valence-electron chi connectivity index (χ1n) is 9.55. The van der Waals surface area contributed by atoms with Gasteiger partial charge in [0.15, 0.2) is 0 Å². The maximum atomic E-state index is 11.8. The van der Waals surface area contributed by atoms with E-state index in [-0.39, 0.29) is 11.3 Å². The van der Waals surface area contributed by atoms with Crippen molar-refractivity contribution in [3.8, 4) is 5.75 Å². The Hall–Kier alpha value is -2.24. The summed E-state index contributed by atoms with van der Waals surface area (Å²) in [7, 11) is 0. The monoisotopic (exact) mass is 365 g/mol. The van der Waals surface area contributed by atoms with Crippen LogP contribution in [0.25, 0.3) is 0 Å². The number of carboxylic acids is 1. The van der Waals surface area contributed by atoms with Crippen LogP contribution in [0, 0.1) is 0 Å². The average molecular weight is 365 g/mol. The molecule has 6 nitrogen and oxygen atoms in total. The third-order valence-corrected chi connectivity index (χ3v) is 4.22. The molecule has 0 heterocycles. The second kappa shape index (κ2) is 13.0. The van der Waals surface area contributed by atoms with E-state index in [1.54, 1.807) is 0 Å². The van der Waals surface area contributed by atoms with Gasteiger partial charge in [0, 0.05) is 0 Å². The van der Waals surface area contributed by atoms with Crippen molar-refractivity contribution >= 4 is 17.7 Å². The molecule has 0 aromatic heterocycles. The number of anilines is 1. The summed E-state index contributed by atoms with van der Waals surface area (Å²) in [4.78, 5) is 22.9. The highest BCUT2D eigenvalue weighted by Crippen LogP contribution is 2.25. The maximum Gasteiger partial charge on any atom is 0.411 e. The zero-order valence-corrected chi connectivity index (χ0v) is 15.6. The summed E-state index contributed by atoms with van der Waals surface area (Å²) >= 11 is 0. The molecule has 0 saturated heterocycles. The van der Waals surface area contributed by atoms with Gasteiger partial charge in [-0.05, 0) is 18.6 Å². The van der Waals surface area contributed by atoms with Crippen molar-refractivity contribution in [2.45, 2.75) is 71.1 Å². The standard InChI is InChI=1S/C20H31NO5/c1-2-3-4-5-6-7-8-9-10-11-15-26-20(25)21-16-13-12-14-17(22)18(16)19(23)24/h12-14,22H,2-11,15H2,1H3,(H,21,25)(H,23,24). The number of amides is 1. The number of hydrogen-bond acceptors (Lipinski definition) is 4. The first-order valence-corrected chi connectivity index (χ1v) is 9.55. The molecule has 1 aromatic rings. The molecule has 1 aromatic carbocycles. The number of carbonyl (C=O) groups excluding carboxylic acids is 1. The number of unbranched alkanes of at least 4 members (excludes halogenated alkanes) is 9. The Labute approximate surface area is 155 Å². The number of nitrogens with one attached hydrogen (secondary N) is 1. The van der Waals surface area contributed by atoms with Crippen molar-refractivity contribution in [3.05, 3.63) is 23.8 Å². The molecule has 0 aliphatic carbocycles. The average Bonchev–Trinajstić information content (AvgIpc) is 2.59. The van der Waals surface area contributed by atoms with Crippen molar-refractivity contribution < 1.29 is 24.5 Å². The summed E-state index contributed by atoms with van der Waals surface area (Å²) in [5.41, 5.74) is -0.325. The van der Waals surface area contributed by atoms with Gasteiger partial charge in [-0.1, -0.05) is 70.8 Å². The van der Waals surface area contributed by atoms with E-state index in [0.717, 1.165) is 19.3 Å². The van der Waals surface area contributed by atoms with E-state index in [9.17, 15) is 14.7 Å². The lowest BCUT2D eigenvalue weighted by Crippen LogP contribution is -2.16. The van der Waals surface area contributed by atoms with Gasteiger partial charge in [0.25, 0.3) is 0 Å². The highest BCUT2D eigenvalue weighted by Gasteiger charge is 2.17. The lowest BCUT2D eigenvalue weighted by molar-refractivity contribution is 0.0695. The Kier molecular flexibility index (Phi) is 10.9. The van der Waals surface area contributed by atoms with Crippen molar-refractivity contribution in [2.24, 2.45) is 0 Å². The number of hydrogen-bond donors (Lipinski definition) is 3. The largest absolute Gasteiger partial charge is 0.507 e. The molecule has 0 aliphatic heterocycles. The molecule has 0 unspecified atom stereocenters. The number of phenols is 1. The van der Waals surface area contributed by atoms with Crippen molar-refractivity contribution in [1.29, 1.82) is 0 Å². The van der Waals surface area contributed by atoms with Gasteiger partial charge in [0.05, 0.1) is 12.3 Å². The van der Waals surface area contributed by atoms with Crippen molar-refractivity contribution in [3.63, 3.8) is 0 Å². The van der Waals surface area contributed by atoms with Crippen LogP contribution >= 0.6 is 0 Å². The fourth-order valence-electron chi connectivity index (χ4n) is 2.77. The molecule has 0 atom stereocenters. The molecule has 0 fully saturated rings. The molecule has 6 heteroatoms. The Morgan fingerprint density at radius 1 is 0.962 bits per heavy atom. The third-order valence-electron chi connectivity index (χ3n) is 4.22. The molecular formula is C20H31NO5. The third kappa shape index (κ3) is 8.74. The van der Waals surface area contributed by atoms with Gasteiger partial charge in [-0.2, -0.15) is 0 Å². The molecule has 3 N–H and O–H groups in total. The number of ether oxygens (including phenoxy) is 1. The summed E-state index contributed by atoms with van der Waals surface area (Å²) in [6.07, 6.45) is 11.3. The van der Waals surface area contributed by atoms with Crippen LogP contribution in [0.2, 0.25) is 0 Å².